The van der Waals surface area contributed by atoms with Gasteiger partial charge in [0, 0.05) is 31.1 Å². The Morgan fingerprint density at radius 3 is 2.74 bits per heavy atom. The number of benzene rings is 1. The maximum absolute atomic E-state index is 12.6. The average Bonchev–Trinajstić information content (AvgIpc) is 2.60. The van der Waals surface area contributed by atoms with Crippen molar-refractivity contribution in [2.75, 3.05) is 20.3 Å². The predicted molar refractivity (Wildman–Crippen MR) is 101 cm³/mol. The lowest BCUT2D eigenvalue weighted by Gasteiger charge is -2.24. The molecule has 1 N–H and O–H groups in total. The van der Waals surface area contributed by atoms with E-state index in [0.717, 1.165) is 11.8 Å². The van der Waals surface area contributed by atoms with E-state index in [2.05, 4.69) is 10.3 Å². The molecule has 1 atom stereocenters. The number of aliphatic imine (C=N–C) groups is 1. The van der Waals surface area contributed by atoms with Crippen LogP contribution >= 0.6 is 11.8 Å². The summed E-state index contributed by atoms with van der Waals surface area (Å²) in [6, 6.07) is 5.92. The summed E-state index contributed by atoms with van der Waals surface area (Å²) >= 11 is 1.12. The molecule has 0 aromatic heterocycles. The smallest absolute Gasteiger partial charge is 0.341 e. The number of non-ortho nitro benzene ring substituents is 1. The zero-order valence-corrected chi connectivity index (χ0v) is 15.9. The summed E-state index contributed by atoms with van der Waals surface area (Å²) in [6.45, 7) is 3.28. The molecule has 1 amide bonds. The van der Waals surface area contributed by atoms with Gasteiger partial charge in [-0.15, -0.1) is 0 Å². The number of carbonyl (C=O) groups is 2. The highest BCUT2D eigenvalue weighted by Gasteiger charge is 2.29. The third-order valence-corrected chi connectivity index (χ3v) is 4.62. The van der Waals surface area contributed by atoms with E-state index in [9.17, 15) is 19.7 Å². The number of nitro benzene ring substituents is 1. The zero-order valence-electron chi connectivity index (χ0n) is 15.1. The van der Waals surface area contributed by atoms with Crippen LogP contribution in [0.25, 0.3) is 4.91 Å². The monoisotopic (exact) mass is 393 g/mol. The third kappa shape index (κ3) is 5.38. The lowest BCUT2D eigenvalue weighted by molar-refractivity contribution is -0.384. The summed E-state index contributed by atoms with van der Waals surface area (Å²) in [4.78, 5) is 39.3. The Morgan fingerprint density at radius 1 is 1.37 bits per heavy atom. The van der Waals surface area contributed by atoms with E-state index in [1.807, 2.05) is 0 Å². The first-order chi connectivity index (χ1) is 12.8. The molecule has 1 aromatic carbocycles. The van der Waals surface area contributed by atoms with Crippen LogP contribution in [0.5, 0.6) is 0 Å². The van der Waals surface area contributed by atoms with Crippen LogP contribution in [0.15, 0.2) is 34.8 Å². The van der Waals surface area contributed by atoms with Gasteiger partial charge in [-0.25, -0.2) is 4.79 Å². The van der Waals surface area contributed by atoms with Crippen LogP contribution < -0.4 is 5.32 Å². The van der Waals surface area contributed by atoms with Crippen LogP contribution in [0.2, 0.25) is 0 Å². The van der Waals surface area contributed by atoms with Crippen molar-refractivity contribution in [3.05, 3.63) is 45.5 Å². The Morgan fingerprint density at radius 2 is 2.11 bits per heavy atom. The molecule has 0 saturated carbocycles. The molecule has 1 unspecified atom stereocenters. The predicted octanol–water partition coefficient (Wildman–Crippen LogP) is 2.12. The van der Waals surface area contributed by atoms with Crippen LogP contribution in [0, 0.1) is 10.1 Å². The lowest BCUT2D eigenvalue weighted by Crippen LogP contribution is -2.33. The summed E-state index contributed by atoms with van der Waals surface area (Å²) in [5, 5.41) is 13.8. The Kier molecular flexibility index (Phi) is 7.08. The number of thioether (sulfide) groups is 1. The number of rotatable bonds is 7. The van der Waals surface area contributed by atoms with Crippen molar-refractivity contribution in [1.82, 2.24) is 5.32 Å². The molecule has 10 heteroatoms. The van der Waals surface area contributed by atoms with Gasteiger partial charge in [-0.05, 0) is 12.5 Å². The number of nitrogens with zero attached hydrogens (tertiary/aromatic N) is 2. The highest BCUT2D eigenvalue weighted by molar-refractivity contribution is 8.09. The van der Waals surface area contributed by atoms with Crippen LogP contribution in [-0.2, 0) is 19.1 Å². The minimum atomic E-state index is -0.646. The fourth-order valence-electron chi connectivity index (χ4n) is 2.34. The van der Waals surface area contributed by atoms with Gasteiger partial charge in [-0.3, -0.25) is 19.9 Å². The number of esters is 1. The van der Waals surface area contributed by atoms with Gasteiger partial charge in [-0.1, -0.05) is 23.9 Å². The second-order valence-electron chi connectivity index (χ2n) is 5.53. The van der Waals surface area contributed by atoms with E-state index < -0.39 is 16.4 Å². The summed E-state index contributed by atoms with van der Waals surface area (Å²) in [6.07, 6.45) is 0. The van der Waals surface area contributed by atoms with Crippen LogP contribution in [0.1, 0.15) is 19.4 Å². The number of amides is 1. The molecular formula is C17H19N3O6S. The van der Waals surface area contributed by atoms with Crippen molar-refractivity contribution in [2.45, 2.75) is 19.3 Å². The Labute approximate surface area is 160 Å². The molecule has 0 saturated heterocycles. The quantitative estimate of drug-likeness (QED) is 0.326. The first-order valence-electron chi connectivity index (χ1n) is 7.97. The SMILES string of the molecule is COCCOC(=O)C1=C(c2cccc([N+](=O)[O-])c2)SC(NC(C)=O)N=C1C. The van der Waals surface area contributed by atoms with Crippen molar-refractivity contribution >= 4 is 39.9 Å². The highest BCUT2D eigenvalue weighted by Crippen LogP contribution is 2.39. The fraction of sp³-hybridized carbons (Fsp3) is 0.353. The lowest BCUT2D eigenvalue weighted by atomic mass is 10.1. The number of hydrogen-bond donors (Lipinski definition) is 1. The van der Waals surface area contributed by atoms with Gasteiger partial charge < -0.3 is 14.8 Å². The number of methoxy groups -OCH3 is 1. The van der Waals surface area contributed by atoms with Gasteiger partial charge in [0.1, 0.15) is 6.61 Å². The molecule has 9 nitrogen and oxygen atoms in total. The normalized spacial score (nSPS) is 16.6. The maximum Gasteiger partial charge on any atom is 0.341 e. The molecule has 0 bridgehead atoms. The first kappa shape index (κ1) is 20.6. The van der Waals surface area contributed by atoms with Gasteiger partial charge in [-0.2, -0.15) is 0 Å². The van der Waals surface area contributed by atoms with E-state index in [4.69, 9.17) is 9.47 Å². The van der Waals surface area contributed by atoms with Crippen molar-refractivity contribution in [3.63, 3.8) is 0 Å². The van der Waals surface area contributed by atoms with Crippen molar-refractivity contribution < 1.29 is 24.0 Å². The van der Waals surface area contributed by atoms with E-state index in [1.54, 1.807) is 13.0 Å². The van der Waals surface area contributed by atoms with Gasteiger partial charge in [0.15, 0.2) is 5.50 Å². The van der Waals surface area contributed by atoms with Crippen LogP contribution in [0.3, 0.4) is 0 Å². The van der Waals surface area contributed by atoms with Gasteiger partial charge in [0.05, 0.1) is 22.8 Å². The van der Waals surface area contributed by atoms with Gasteiger partial charge in [0.25, 0.3) is 5.69 Å². The zero-order chi connectivity index (χ0) is 20.0. The molecule has 1 aliphatic heterocycles. The topological polar surface area (TPSA) is 120 Å². The highest BCUT2D eigenvalue weighted by atomic mass is 32.2. The maximum atomic E-state index is 12.6. The summed E-state index contributed by atoms with van der Waals surface area (Å²) < 4.78 is 10.1. The van der Waals surface area contributed by atoms with Crippen molar-refractivity contribution in [3.8, 4) is 0 Å². The summed E-state index contributed by atoms with van der Waals surface area (Å²) in [7, 11) is 1.49. The molecule has 1 aliphatic rings. The van der Waals surface area contributed by atoms with Gasteiger partial charge >= 0.3 is 5.97 Å². The second-order valence-corrected chi connectivity index (χ2v) is 6.62. The number of carbonyl (C=O) groups excluding carboxylic acids is 2. The second kappa shape index (κ2) is 9.28. The Bertz CT molecular complexity index is 821. The van der Waals surface area contributed by atoms with E-state index >= 15 is 0 Å². The molecular weight excluding hydrogens is 374 g/mol. The van der Waals surface area contributed by atoms with Crippen LogP contribution in [0.4, 0.5) is 5.69 Å². The molecule has 0 fully saturated rings. The van der Waals surface area contributed by atoms with Crippen molar-refractivity contribution in [2.24, 2.45) is 4.99 Å². The Balaban J connectivity index is 2.47. The molecule has 1 aromatic rings. The minimum Gasteiger partial charge on any atom is -0.460 e. The summed E-state index contributed by atoms with van der Waals surface area (Å²) in [5.74, 6) is -0.892. The fourth-order valence-corrected chi connectivity index (χ4v) is 3.61. The average molecular weight is 393 g/mol. The summed E-state index contributed by atoms with van der Waals surface area (Å²) in [5.41, 5.74) is 0.295. The van der Waals surface area contributed by atoms with Crippen LogP contribution in [-0.4, -0.2) is 48.3 Å². The number of ether oxygens (including phenoxy) is 2. The standard InChI is InChI=1S/C17H19N3O6S/c1-10-14(16(22)26-8-7-25-3)15(27-17(18-10)19-11(2)21)12-5-4-6-13(9-12)20(23)24/h4-6,9,17H,7-8H2,1-3H3,(H,19,21). The number of nitrogens with one attached hydrogen (secondary N) is 1. The molecule has 2 rings (SSSR count). The molecule has 1 heterocycles. The molecule has 144 valence electrons. The van der Waals surface area contributed by atoms with E-state index in [1.165, 1.54) is 32.2 Å². The van der Waals surface area contributed by atoms with Gasteiger partial charge in [0.2, 0.25) is 5.91 Å². The number of nitro groups is 1. The molecule has 0 spiro atoms. The molecule has 27 heavy (non-hydrogen) atoms. The minimum absolute atomic E-state index is 0.0636. The first-order valence-corrected chi connectivity index (χ1v) is 8.85. The van der Waals surface area contributed by atoms with E-state index in [0.29, 0.717) is 16.2 Å². The largest absolute Gasteiger partial charge is 0.460 e. The number of hydrogen-bond acceptors (Lipinski definition) is 8. The molecule has 0 aliphatic carbocycles. The third-order valence-electron chi connectivity index (χ3n) is 3.50. The van der Waals surface area contributed by atoms with E-state index in [-0.39, 0.29) is 30.4 Å². The Hall–Kier alpha value is -2.72. The molecule has 0 radical (unpaired) electrons. The van der Waals surface area contributed by atoms with Crippen molar-refractivity contribution in [1.29, 1.82) is 0 Å².